The van der Waals surface area contributed by atoms with Gasteiger partial charge in [0.1, 0.15) is 0 Å². The minimum Gasteiger partial charge on any atom is -0.369 e. The van der Waals surface area contributed by atoms with Crippen LogP contribution in [0.5, 0.6) is 0 Å². The van der Waals surface area contributed by atoms with Gasteiger partial charge in [-0.05, 0) is 24.6 Å². The zero-order valence-electron chi connectivity index (χ0n) is 9.42. The third-order valence-corrected chi connectivity index (χ3v) is 2.29. The molecule has 0 bridgehead atoms. The van der Waals surface area contributed by atoms with Crippen molar-refractivity contribution in [1.29, 1.82) is 0 Å². The number of benzene rings is 1. The Morgan fingerprint density at radius 2 is 2.06 bits per heavy atom. The van der Waals surface area contributed by atoms with Gasteiger partial charge in [0.25, 0.3) is 0 Å². The fourth-order valence-corrected chi connectivity index (χ4v) is 1.39. The highest BCUT2D eigenvalue weighted by molar-refractivity contribution is 6.31. The zero-order valence-corrected chi connectivity index (χ0v) is 10.2. The molecule has 0 saturated carbocycles. The van der Waals surface area contributed by atoms with Crippen LogP contribution in [0.3, 0.4) is 0 Å². The van der Waals surface area contributed by atoms with Gasteiger partial charge in [0.2, 0.25) is 11.8 Å². The molecule has 6 heteroatoms. The lowest BCUT2D eigenvalue weighted by atomic mass is 10.2. The lowest BCUT2D eigenvalue weighted by Crippen LogP contribution is -2.34. The first-order chi connectivity index (χ1) is 7.99. The number of carbonyl (C=O) groups excluding carboxylic acids is 2. The summed E-state index contributed by atoms with van der Waals surface area (Å²) < 4.78 is 0. The van der Waals surface area contributed by atoms with Crippen molar-refractivity contribution in [3.05, 3.63) is 28.8 Å². The second-order valence-electron chi connectivity index (χ2n) is 3.58. The van der Waals surface area contributed by atoms with Gasteiger partial charge in [-0.1, -0.05) is 17.7 Å². The lowest BCUT2D eigenvalue weighted by molar-refractivity contribution is -0.117. The van der Waals surface area contributed by atoms with Crippen molar-refractivity contribution in [2.24, 2.45) is 5.73 Å². The van der Waals surface area contributed by atoms with Crippen LogP contribution in [0.15, 0.2) is 18.2 Å². The Hall–Kier alpha value is -1.59. The molecule has 1 aromatic rings. The molecule has 2 amide bonds. The molecule has 1 rings (SSSR count). The van der Waals surface area contributed by atoms with Gasteiger partial charge in [-0.2, -0.15) is 0 Å². The Bertz CT molecular complexity index is 435. The zero-order chi connectivity index (χ0) is 12.8. The van der Waals surface area contributed by atoms with Gasteiger partial charge in [0.15, 0.2) is 0 Å². The molecule has 0 spiro atoms. The highest BCUT2D eigenvalue weighted by atomic mass is 35.5. The van der Waals surface area contributed by atoms with Crippen LogP contribution in [0.2, 0.25) is 5.02 Å². The SMILES string of the molecule is Cc1ccc(Cl)cc1NC(=O)CNCC(N)=O. The van der Waals surface area contributed by atoms with Crippen molar-refractivity contribution >= 4 is 29.1 Å². The van der Waals surface area contributed by atoms with Gasteiger partial charge in [0.05, 0.1) is 13.1 Å². The van der Waals surface area contributed by atoms with E-state index in [1.165, 1.54) is 0 Å². The van der Waals surface area contributed by atoms with Crippen molar-refractivity contribution in [1.82, 2.24) is 5.32 Å². The summed E-state index contributed by atoms with van der Waals surface area (Å²) in [6.45, 7) is 1.86. The average Bonchev–Trinajstić information content (AvgIpc) is 2.23. The quantitative estimate of drug-likeness (QED) is 0.723. The number of nitrogens with one attached hydrogen (secondary N) is 2. The van der Waals surface area contributed by atoms with Gasteiger partial charge >= 0.3 is 0 Å². The van der Waals surface area contributed by atoms with Crippen molar-refractivity contribution in [2.75, 3.05) is 18.4 Å². The third kappa shape index (κ3) is 4.84. The highest BCUT2D eigenvalue weighted by Gasteiger charge is 2.05. The predicted molar refractivity (Wildman–Crippen MR) is 66.9 cm³/mol. The van der Waals surface area contributed by atoms with Crippen molar-refractivity contribution < 1.29 is 9.59 Å². The monoisotopic (exact) mass is 255 g/mol. The maximum Gasteiger partial charge on any atom is 0.238 e. The second-order valence-corrected chi connectivity index (χ2v) is 4.01. The molecule has 0 atom stereocenters. The maximum absolute atomic E-state index is 11.5. The van der Waals surface area contributed by atoms with Crippen LogP contribution in [0.25, 0.3) is 0 Å². The van der Waals surface area contributed by atoms with E-state index < -0.39 is 5.91 Å². The summed E-state index contributed by atoms with van der Waals surface area (Å²) in [6.07, 6.45) is 0. The molecule has 0 aliphatic carbocycles. The van der Waals surface area contributed by atoms with E-state index in [4.69, 9.17) is 17.3 Å². The number of amides is 2. The van der Waals surface area contributed by atoms with E-state index >= 15 is 0 Å². The first-order valence-corrected chi connectivity index (χ1v) is 5.42. The summed E-state index contributed by atoms with van der Waals surface area (Å²) in [6, 6.07) is 5.23. The number of anilines is 1. The molecule has 1 aromatic carbocycles. The van der Waals surface area contributed by atoms with E-state index in [1.807, 2.05) is 13.0 Å². The van der Waals surface area contributed by atoms with Crippen molar-refractivity contribution in [3.8, 4) is 0 Å². The van der Waals surface area contributed by atoms with E-state index in [-0.39, 0.29) is 19.0 Å². The van der Waals surface area contributed by atoms with Crippen LogP contribution in [0.1, 0.15) is 5.56 Å². The summed E-state index contributed by atoms with van der Waals surface area (Å²) in [5.41, 5.74) is 6.50. The fourth-order valence-electron chi connectivity index (χ4n) is 1.22. The number of primary amides is 1. The molecule has 0 aliphatic rings. The first-order valence-electron chi connectivity index (χ1n) is 5.04. The largest absolute Gasteiger partial charge is 0.369 e. The van der Waals surface area contributed by atoms with E-state index in [0.717, 1.165) is 5.56 Å². The van der Waals surface area contributed by atoms with Gasteiger partial charge in [-0.3, -0.25) is 14.9 Å². The molecule has 0 heterocycles. The fraction of sp³-hybridized carbons (Fsp3) is 0.273. The predicted octanol–water partition coefficient (Wildman–Crippen LogP) is 0.662. The summed E-state index contributed by atoms with van der Waals surface area (Å²) in [4.78, 5) is 21.9. The minimum atomic E-state index is -0.503. The second kappa shape index (κ2) is 6.22. The molecule has 0 saturated heterocycles. The Morgan fingerprint density at radius 1 is 1.35 bits per heavy atom. The van der Waals surface area contributed by atoms with E-state index in [0.29, 0.717) is 10.7 Å². The van der Waals surface area contributed by atoms with E-state index in [1.54, 1.807) is 12.1 Å². The highest BCUT2D eigenvalue weighted by Crippen LogP contribution is 2.19. The number of halogens is 1. The minimum absolute atomic E-state index is 0.0227. The molecule has 0 fully saturated rings. The number of aryl methyl sites for hydroxylation is 1. The van der Waals surface area contributed by atoms with Crippen LogP contribution < -0.4 is 16.4 Å². The Morgan fingerprint density at radius 3 is 2.71 bits per heavy atom. The molecule has 0 aliphatic heterocycles. The van der Waals surface area contributed by atoms with E-state index in [9.17, 15) is 9.59 Å². The van der Waals surface area contributed by atoms with Crippen LogP contribution >= 0.6 is 11.6 Å². The first kappa shape index (κ1) is 13.5. The number of hydrogen-bond donors (Lipinski definition) is 3. The van der Waals surface area contributed by atoms with Crippen LogP contribution in [0.4, 0.5) is 5.69 Å². The molecule has 5 nitrogen and oxygen atoms in total. The van der Waals surface area contributed by atoms with Crippen LogP contribution in [-0.2, 0) is 9.59 Å². The number of hydrogen-bond acceptors (Lipinski definition) is 3. The third-order valence-electron chi connectivity index (χ3n) is 2.06. The molecular weight excluding hydrogens is 242 g/mol. The maximum atomic E-state index is 11.5. The Balaban J connectivity index is 2.50. The van der Waals surface area contributed by atoms with Gasteiger partial charge in [-0.15, -0.1) is 0 Å². The van der Waals surface area contributed by atoms with Gasteiger partial charge < -0.3 is 11.1 Å². The summed E-state index contributed by atoms with van der Waals surface area (Å²) in [5.74, 6) is -0.756. The molecular formula is C11H14ClN3O2. The average molecular weight is 256 g/mol. The van der Waals surface area contributed by atoms with E-state index in [2.05, 4.69) is 10.6 Å². The Kier molecular flexibility index (Phi) is 4.93. The molecule has 17 heavy (non-hydrogen) atoms. The summed E-state index contributed by atoms with van der Waals surface area (Å²) in [7, 11) is 0. The molecule has 0 unspecified atom stereocenters. The van der Waals surface area contributed by atoms with Gasteiger partial charge in [0, 0.05) is 10.7 Å². The van der Waals surface area contributed by atoms with Crippen LogP contribution in [0, 0.1) is 6.92 Å². The lowest BCUT2D eigenvalue weighted by Gasteiger charge is -2.08. The normalized spacial score (nSPS) is 10.0. The standard InChI is InChI=1S/C11H14ClN3O2/c1-7-2-3-8(12)4-9(7)15-11(17)6-14-5-10(13)16/h2-4,14H,5-6H2,1H3,(H2,13,16)(H,15,17). The molecule has 0 radical (unpaired) electrons. The molecule has 92 valence electrons. The smallest absolute Gasteiger partial charge is 0.238 e. The van der Waals surface area contributed by atoms with Crippen LogP contribution in [-0.4, -0.2) is 24.9 Å². The number of carbonyl (C=O) groups is 2. The number of rotatable bonds is 5. The van der Waals surface area contributed by atoms with Crippen molar-refractivity contribution in [2.45, 2.75) is 6.92 Å². The molecule has 0 aromatic heterocycles. The summed E-state index contributed by atoms with van der Waals surface area (Å²) >= 11 is 5.82. The topological polar surface area (TPSA) is 84.2 Å². The van der Waals surface area contributed by atoms with Gasteiger partial charge in [-0.25, -0.2) is 0 Å². The molecule has 4 N–H and O–H groups in total. The Labute approximate surface area is 104 Å². The summed E-state index contributed by atoms with van der Waals surface area (Å²) in [5, 5.41) is 5.86. The van der Waals surface area contributed by atoms with Crippen molar-refractivity contribution in [3.63, 3.8) is 0 Å². The number of nitrogens with two attached hydrogens (primary N) is 1.